The average molecular weight is 372 g/mol. The number of hydrogen-bond acceptors (Lipinski definition) is 4. The van der Waals surface area contributed by atoms with Crippen molar-refractivity contribution < 1.29 is 23.5 Å². The molecule has 27 heavy (non-hydrogen) atoms. The van der Waals surface area contributed by atoms with Gasteiger partial charge in [0, 0.05) is 6.42 Å². The minimum atomic E-state index is -1.10. The van der Waals surface area contributed by atoms with Gasteiger partial charge in [-0.25, -0.2) is 9.18 Å². The van der Waals surface area contributed by atoms with Gasteiger partial charge in [-0.15, -0.1) is 0 Å². The lowest BCUT2D eigenvalue weighted by Crippen LogP contribution is -2.46. The molecule has 1 heterocycles. The number of methoxy groups -OCH3 is 2. The third-order valence-corrected chi connectivity index (χ3v) is 4.64. The molecule has 0 spiro atoms. The van der Waals surface area contributed by atoms with E-state index in [9.17, 15) is 14.0 Å². The number of imide groups is 1. The van der Waals surface area contributed by atoms with E-state index in [1.807, 2.05) is 18.2 Å². The Labute approximate surface area is 156 Å². The molecule has 0 aromatic heterocycles. The van der Waals surface area contributed by atoms with Crippen LogP contribution in [0.25, 0.3) is 0 Å². The van der Waals surface area contributed by atoms with E-state index >= 15 is 0 Å². The number of halogens is 1. The van der Waals surface area contributed by atoms with E-state index in [0.717, 1.165) is 10.5 Å². The van der Waals surface area contributed by atoms with Crippen molar-refractivity contribution >= 4 is 11.9 Å². The molecule has 6 nitrogen and oxygen atoms in total. The first-order valence-electron chi connectivity index (χ1n) is 8.46. The van der Waals surface area contributed by atoms with Crippen LogP contribution in [0.15, 0.2) is 42.5 Å². The van der Waals surface area contributed by atoms with Gasteiger partial charge in [0.25, 0.3) is 5.91 Å². The van der Waals surface area contributed by atoms with E-state index in [0.29, 0.717) is 11.3 Å². The molecule has 7 heteroatoms. The topological polar surface area (TPSA) is 67.9 Å². The van der Waals surface area contributed by atoms with Crippen LogP contribution in [0.3, 0.4) is 0 Å². The fourth-order valence-electron chi connectivity index (χ4n) is 3.23. The Morgan fingerprint density at radius 1 is 1.07 bits per heavy atom. The van der Waals surface area contributed by atoms with Gasteiger partial charge < -0.3 is 14.8 Å². The van der Waals surface area contributed by atoms with Gasteiger partial charge in [-0.1, -0.05) is 24.3 Å². The van der Waals surface area contributed by atoms with E-state index in [-0.39, 0.29) is 24.6 Å². The summed E-state index contributed by atoms with van der Waals surface area (Å²) >= 11 is 0. The molecule has 0 bridgehead atoms. The molecule has 2 aromatic rings. The van der Waals surface area contributed by atoms with Gasteiger partial charge in [0.05, 0.1) is 20.8 Å². The highest BCUT2D eigenvalue weighted by molar-refractivity contribution is 6.06. The first-order valence-corrected chi connectivity index (χ1v) is 8.46. The largest absolute Gasteiger partial charge is 0.496 e. The molecule has 0 unspecified atom stereocenters. The SMILES string of the molecule is COc1ccc(CN2C(=O)N[C@](C)(Cc3ccccc3OC)C2=O)cc1F. The molecule has 1 aliphatic heterocycles. The highest BCUT2D eigenvalue weighted by Gasteiger charge is 2.48. The molecule has 3 amide bonds. The summed E-state index contributed by atoms with van der Waals surface area (Å²) in [5.41, 5.74) is 0.211. The van der Waals surface area contributed by atoms with E-state index in [1.165, 1.54) is 19.2 Å². The molecule has 1 atom stereocenters. The smallest absolute Gasteiger partial charge is 0.325 e. The minimum absolute atomic E-state index is 0.0207. The van der Waals surface area contributed by atoms with Crippen molar-refractivity contribution in [2.75, 3.05) is 14.2 Å². The van der Waals surface area contributed by atoms with Crippen LogP contribution < -0.4 is 14.8 Å². The maximum absolute atomic E-state index is 13.9. The fraction of sp³-hybridized carbons (Fsp3) is 0.300. The molecule has 3 rings (SSSR count). The number of ether oxygens (including phenoxy) is 2. The van der Waals surface area contributed by atoms with Crippen molar-refractivity contribution in [1.29, 1.82) is 0 Å². The van der Waals surface area contributed by atoms with Gasteiger partial charge >= 0.3 is 6.03 Å². The zero-order chi connectivity index (χ0) is 19.6. The summed E-state index contributed by atoms with van der Waals surface area (Å²) in [6.07, 6.45) is 0.287. The maximum Gasteiger partial charge on any atom is 0.325 e. The highest BCUT2D eigenvalue weighted by atomic mass is 19.1. The number of para-hydroxylation sites is 1. The second-order valence-electron chi connectivity index (χ2n) is 6.61. The summed E-state index contributed by atoms with van der Waals surface area (Å²) in [4.78, 5) is 26.4. The predicted molar refractivity (Wildman–Crippen MR) is 97.1 cm³/mol. The standard InChI is InChI=1S/C20H21FN2O4/c1-20(11-14-6-4-5-7-16(14)26-2)18(24)23(19(25)22-20)12-13-8-9-17(27-3)15(21)10-13/h4-10H,11-12H2,1-3H3,(H,22,25)/t20-/m1/s1. The van der Waals surface area contributed by atoms with Crippen molar-refractivity contribution in [3.8, 4) is 11.5 Å². The lowest BCUT2D eigenvalue weighted by atomic mass is 9.92. The Morgan fingerprint density at radius 3 is 2.44 bits per heavy atom. The van der Waals surface area contributed by atoms with Gasteiger partial charge in [-0.05, 0) is 36.2 Å². The number of hydrogen-bond donors (Lipinski definition) is 1. The van der Waals surface area contributed by atoms with Crippen LogP contribution in [0, 0.1) is 5.82 Å². The third kappa shape index (κ3) is 3.58. The van der Waals surface area contributed by atoms with Gasteiger partial charge in [-0.2, -0.15) is 0 Å². The van der Waals surface area contributed by atoms with Crippen molar-refractivity contribution in [2.45, 2.75) is 25.4 Å². The zero-order valence-corrected chi connectivity index (χ0v) is 15.4. The number of carbonyl (C=O) groups is 2. The molecule has 1 N–H and O–H groups in total. The summed E-state index contributed by atoms with van der Waals surface area (Å²) in [6.45, 7) is 1.65. The Morgan fingerprint density at radius 2 is 1.78 bits per heavy atom. The second-order valence-corrected chi connectivity index (χ2v) is 6.61. The van der Waals surface area contributed by atoms with Crippen LogP contribution in [-0.4, -0.2) is 36.6 Å². The Bertz CT molecular complexity index is 886. The number of rotatable bonds is 6. The van der Waals surface area contributed by atoms with Crippen LogP contribution in [0.5, 0.6) is 11.5 Å². The first-order chi connectivity index (χ1) is 12.9. The normalized spacial score (nSPS) is 19.2. The van der Waals surface area contributed by atoms with Gasteiger partial charge in [0.2, 0.25) is 0 Å². The second kappa shape index (κ2) is 7.26. The lowest BCUT2D eigenvalue weighted by molar-refractivity contribution is -0.131. The summed E-state index contributed by atoms with van der Waals surface area (Å²) in [6, 6.07) is 11.2. The Balaban J connectivity index is 1.81. The Kier molecular flexibility index (Phi) is 5.03. The molecule has 1 saturated heterocycles. The molecular weight excluding hydrogens is 351 g/mol. The zero-order valence-electron chi connectivity index (χ0n) is 15.4. The van der Waals surface area contributed by atoms with Crippen molar-refractivity contribution in [2.24, 2.45) is 0 Å². The molecule has 2 aromatic carbocycles. The summed E-state index contributed by atoms with van der Waals surface area (Å²) in [7, 11) is 2.93. The summed E-state index contributed by atoms with van der Waals surface area (Å²) in [5.74, 6) is -0.151. The molecule has 0 saturated carbocycles. The fourth-order valence-corrected chi connectivity index (χ4v) is 3.23. The number of carbonyl (C=O) groups excluding carboxylic acids is 2. The van der Waals surface area contributed by atoms with Gasteiger partial charge in [-0.3, -0.25) is 9.69 Å². The molecule has 1 fully saturated rings. The first kappa shape index (κ1) is 18.7. The van der Waals surface area contributed by atoms with Gasteiger partial charge in [0.15, 0.2) is 11.6 Å². The van der Waals surface area contributed by atoms with Crippen LogP contribution in [-0.2, 0) is 17.8 Å². The average Bonchev–Trinajstić information content (AvgIpc) is 2.85. The van der Waals surface area contributed by atoms with Crippen LogP contribution in [0.1, 0.15) is 18.1 Å². The highest BCUT2D eigenvalue weighted by Crippen LogP contribution is 2.28. The lowest BCUT2D eigenvalue weighted by Gasteiger charge is -2.23. The third-order valence-electron chi connectivity index (χ3n) is 4.64. The number of nitrogens with zero attached hydrogens (tertiary/aromatic N) is 1. The maximum atomic E-state index is 13.9. The molecule has 0 aliphatic carbocycles. The van der Waals surface area contributed by atoms with Crippen LogP contribution in [0.2, 0.25) is 0 Å². The number of nitrogens with one attached hydrogen (secondary N) is 1. The van der Waals surface area contributed by atoms with E-state index < -0.39 is 17.4 Å². The van der Waals surface area contributed by atoms with Crippen molar-refractivity contribution in [1.82, 2.24) is 10.2 Å². The monoisotopic (exact) mass is 372 g/mol. The number of amides is 3. The summed E-state index contributed by atoms with van der Waals surface area (Å²) in [5, 5.41) is 2.75. The molecule has 1 aliphatic rings. The Hall–Kier alpha value is -3.09. The van der Waals surface area contributed by atoms with Gasteiger partial charge in [0.1, 0.15) is 11.3 Å². The predicted octanol–water partition coefficient (Wildman–Crippen LogP) is 2.90. The van der Waals surface area contributed by atoms with Crippen molar-refractivity contribution in [3.05, 3.63) is 59.4 Å². The van der Waals surface area contributed by atoms with E-state index in [4.69, 9.17) is 9.47 Å². The summed E-state index contributed by atoms with van der Waals surface area (Å²) < 4.78 is 24.1. The van der Waals surface area contributed by atoms with E-state index in [1.54, 1.807) is 26.2 Å². The quantitative estimate of drug-likeness (QED) is 0.792. The molecule has 0 radical (unpaired) electrons. The number of benzene rings is 2. The minimum Gasteiger partial charge on any atom is -0.496 e. The molecule has 142 valence electrons. The number of urea groups is 1. The van der Waals surface area contributed by atoms with Crippen molar-refractivity contribution in [3.63, 3.8) is 0 Å². The molecular formula is C20H21FN2O4. The van der Waals surface area contributed by atoms with E-state index in [2.05, 4.69) is 5.32 Å². The van der Waals surface area contributed by atoms with Crippen LogP contribution in [0.4, 0.5) is 9.18 Å². The van der Waals surface area contributed by atoms with Crippen LogP contribution >= 0.6 is 0 Å².